The molecule has 30 heavy (non-hydrogen) atoms. The summed E-state index contributed by atoms with van der Waals surface area (Å²) in [5.74, 6) is -0.141. The van der Waals surface area contributed by atoms with Crippen LogP contribution in [0.2, 0.25) is 0 Å². The summed E-state index contributed by atoms with van der Waals surface area (Å²) in [4.78, 5) is 11.7. The second-order valence-electron chi connectivity index (χ2n) is 7.99. The second-order valence-corrected chi connectivity index (χ2v) is 7.99. The Balaban J connectivity index is 1.92. The molecular formula is C24H27F3O3. The van der Waals surface area contributed by atoms with E-state index in [0.29, 0.717) is 17.5 Å². The summed E-state index contributed by atoms with van der Waals surface area (Å²) in [5.41, 5.74) is 2.23. The van der Waals surface area contributed by atoms with E-state index in [4.69, 9.17) is 4.74 Å². The van der Waals surface area contributed by atoms with Crippen molar-refractivity contribution in [1.82, 2.24) is 0 Å². The summed E-state index contributed by atoms with van der Waals surface area (Å²) in [6.45, 7) is 0. The van der Waals surface area contributed by atoms with E-state index in [9.17, 15) is 23.1 Å². The molecule has 1 atom stereocenters. The van der Waals surface area contributed by atoms with Crippen molar-refractivity contribution in [1.29, 1.82) is 0 Å². The molecule has 1 aliphatic rings. The molecule has 0 aromatic heterocycles. The smallest absolute Gasteiger partial charge is 0.416 e. The molecule has 0 aliphatic heterocycles. The number of methoxy groups -OCH3 is 1. The van der Waals surface area contributed by atoms with Gasteiger partial charge in [0.2, 0.25) is 0 Å². The minimum atomic E-state index is -4.40. The van der Waals surface area contributed by atoms with Crippen LogP contribution >= 0.6 is 0 Å². The van der Waals surface area contributed by atoms with Gasteiger partial charge in [-0.15, -0.1) is 0 Å². The molecule has 0 heterocycles. The average molecular weight is 420 g/mol. The molecule has 1 N–H and O–H groups in total. The summed E-state index contributed by atoms with van der Waals surface area (Å²) in [7, 11) is 1.31. The normalized spacial score (nSPS) is 16.3. The van der Waals surface area contributed by atoms with Crippen molar-refractivity contribution in [3.63, 3.8) is 0 Å². The topological polar surface area (TPSA) is 46.5 Å². The molecule has 0 radical (unpaired) electrons. The molecule has 2 aromatic carbocycles. The van der Waals surface area contributed by atoms with Gasteiger partial charge in [0.1, 0.15) is 0 Å². The number of carbonyl (C=O) groups is 1. The third kappa shape index (κ3) is 5.63. The van der Waals surface area contributed by atoms with Crippen LogP contribution < -0.4 is 0 Å². The fourth-order valence-corrected chi connectivity index (χ4v) is 4.17. The van der Waals surface area contributed by atoms with E-state index >= 15 is 0 Å². The maximum atomic E-state index is 12.9. The van der Waals surface area contributed by atoms with Gasteiger partial charge in [0.05, 0.1) is 25.2 Å². The zero-order valence-electron chi connectivity index (χ0n) is 17.0. The standard InChI is InChI=1S/C24H27F3O3/c1-30-23(29)14-16-7-8-19(15-22(28)18-5-3-2-4-6-18)21(13-16)17-9-11-20(12-10-17)24(25,26)27/h7-13,18,22,28H,2-6,14-15H2,1H3. The van der Waals surface area contributed by atoms with Gasteiger partial charge >= 0.3 is 12.1 Å². The fourth-order valence-electron chi connectivity index (χ4n) is 4.17. The van der Waals surface area contributed by atoms with Crippen molar-refractivity contribution >= 4 is 5.97 Å². The number of benzene rings is 2. The lowest BCUT2D eigenvalue weighted by molar-refractivity contribution is -0.140. The number of esters is 1. The number of halogens is 3. The Labute approximate surface area is 174 Å². The molecule has 0 spiro atoms. The Morgan fingerprint density at radius 3 is 2.37 bits per heavy atom. The number of alkyl halides is 3. The van der Waals surface area contributed by atoms with Gasteiger partial charge in [-0.1, -0.05) is 49.6 Å². The summed E-state index contributed by atoms with van der Waals surface area (Å²) in [6.07, 6.45) is 1.04. The monoisotopic (exact) mass is 420 g/mol. The van der Waals surface area contributed by atoms with E-state index < -0.39 is 17.8 Å². The van der Waals surface area contributed by atoms with Crippen LogP contribution in [0.1, 0.15) is 48.8 Å². The predicted octanol–water partition coefficient (Wildman–Crippen LogP) is 5.57. The SMILES string of the molecule is COC(=O)Cc1ccc(CC(O)C2CCCCC2)c(-c2ccc(C(F)(F)F)cc2)c1. The van der Waals surface area contributed by atoms with E-state index in [1.54, 1.807) is 0 Å². The van der Waals surface area contributed by atoms with Gasteiger partial charge in [0.15, 0.2) is 0 Å². The molecule has 162 valence electrons. The van der Waals surface area contributed by atoms with E-state index in [1.165, 1.54) is 25.7 Å². The van der Waals surface area contributed by atoms with Crippen molar-refractivity contribution in [3.8, 4) is 11.1 Å². The Morgan fingerprint density at radius 2 is 1.77 bits per heavy atom. The fraction of sp³-hybridized carbons (Fsp3) is 0.458. The maximum absolute atomic E-state index is 12.9. The highest BCUT2D eigenvalue weighted by Crippen LogP contribution is 2.34. The van der Waals surface area contributed by atoms with Crippen LogP contribution in [0.25, 0.3) is 11.1 Å². The molecule has 1 aliphatic carbocycles. The highest BCUT2D eigenvalue weighted by molar-refractivity contribution is 5.75. The van der Waals surface area contributed by atoms with Crippen LogP contribution in [0.4, 0.5) is 13.2 Å². The highest BCUT2D eigenvalue weighted by Gasteiger charge is 2.30. The van der Waals surface area contributed by atoms with Gasteiger partial charge in [-0.3, -0.25) is 4.79 Å². The zero-order chi connectivity index (χ0) is 21.7. The summed E-state index contributed by atoms with van der Waals surface area (Å²) in [5, 5.41) is 10.8. The third-order valence-electron chi connectivity index (χ3n) is 5.90. The quantitative estimate of drug-likeness (QED) is 0.622. The number of hydrogen-bond acceptors (Lipinski definition) is 3. The number of aliphatic hydroxyl groups is 1. The predicted molar refractivity (Wildman–Crippen MR) is 109 cm³/mol. The van der Waals surface area contributed by atoms with Crippen molar-refractivity contribution in [2.75, 3.05) is 7.11 Å². The third-order valence-corrected chi connectivity index (χ3v) is 5.90. The van der Waals surface area contributed by atoms with Gasteiger partial charge < -0.3 is 9.84 Å². The van der Waals surface area contributed by atoms with Crippen LogP contribution in [-0.4, -0.2) is 24.3 Å². The molecule has 0 amide bonds. The first-order valence-electron chi connectivity index (χ1n) is 10.3. The van der Waals surface area contributed by atoms with Crippen molar-refractivity contribution in [2.45, 2.75) is 57.2 Å². The van der Waals surface area contributed by atoms with Crippen LogP contribution in [-0.2, 0) is 28.5 Å². The molecule has 0 bridgehead atoms. The minimum absolute atomic E-state index is 0.0790. The lowest BCUT2D eigenvalue weighted by atomic mass is 9.82. The van der Waals surface area contributed by atoms with Gasteiger partial charge in [0.25, 0.3) is 0 Å². The molecule has 2 aromatic rings. The van der Waals surface area contributed by atoms with E-state index in [-0.39, 0.29) is 18.3 Å². The summed E-state index contributed by atoms with van der Waals surface area (Å²) < 4.78 is 43.5. The molecule has 1 fully saturated rings. The molecular weight excluding hydrogens is 393 g/mol. The lowest BCUT2D eigenvalue weighted by Gasteiger charge is -2.27. The van der Waals surface area contributed by atoms with Crippen molar-refractivity contribution in [2.24, 2.45) is 5.92 Å². The number of ether oxygens (including phenoxy) is 1. The Kier molecular flexibility index (Phi) is 7.19. The van der Waals surface area contributed by atoms with Gasteiger partial charge in [0, 0.05) is 0 Å². The molecule has 3 rings (SSSR count). The molecule has 1 unspecified atom stereocenters. The number of hydrogen-bond donors (Lipinski definition) is 1. The Bertz CT molecular complexity index is 853. The largest absolute Gasteiger partial charge is 0.469 e. The Morgan fingerprint density at radius 1 is 1.10 bits per heavy atom. The molecule has 6 heteroatoms. The van der Waals surface area contributed by atoms with E-state index in [0.717, 1.165) is 48.9 Å². The number of carbonyl (C=O) groups excluding carboxylic acids is 1. The van der Waals surface area contributed by atoms with Crippen LogP contribution in [0.5, 0.6) is 0 Å². The number of aliphatic hydroxyl groups excluding tert-OH is 1. The first-order chi connectivity index (χ1) is 14.3. The van der Waals surface area contributed by atoms with Gasteiger partial charge in [-0.05, 0) is 59.6 Å². The van der Waals surface area contributed by atoms with Crippen molar-refractivity contribution < 1.29 is 27.8 Å². The lowest BCUT2D eigenvalue weighted by Crippen LogP contribution is -2.25. The van der Waals surface area contributed by atoms with Crippen LogP contribution in [0, 0.1) is 5.92 Å². The first kappa shape index (κ1) is 22.3. The second kappa shape index (κ2) is 9.65. The van der Waals surface area contributed by atoms with Crippen LogP contribution in [0.3, 0.4) is 0 Å². The average Bonchev–Trinajstić information content (AvgIpc) is 2.74. The van der Waals surface area contributed by atoms with E-state index in [1.807, 2.05) is 18.2 Å². The summed E-state index contributed by atoms with van der Waals surface area (Å²) >= 11 is 0. The highest BCUT2D eigenvalue weighted by atomic mass is 19.4. The maximum Gasteiger partial charge on any atom is 0.416 e. The molecule has 1 saturated carbocycles. The molecule has 0 saturated heterocycles. The van der Waals surface area contributed by atoms with Crippen molar-refractivity contribution in [3.05, 3.63) is 59.2 Å². The first-order valence-corrected chi connectivity index (χ1v) is 10.3. The Hall–Kier alpha value is -2.34. The summed E-state index contributed by atoms with van der Waals surface area (Å²) in [6, 6.07) is 10.5. The van der Waals surface area contributed by atoms with Crippen LogP contribution in [0.15, 0.2) is 42.5 Å². The van der Waals surface area contributed by atoms with Gasteiger partial charge in [-0.25, -0.2) is 0 Å². The van der Waals surface area contributed by atoms with Gasteiger partial charge in [-0.2, -0.15) is 13.2 Å². The zero-order valence-corrected chi connectivity index (χ0v) is 17.0. The number of rotatable bonds is 6. The minimum Gasteiger partial charge on any atom is -0.469 e. The van der Waals surface area contributed by atoms with E-state index in [2.05, 4.69) is 0 Å². The molecule has 3 nitrogen and oxygen atoms in total.